The molecule has 0 aromatic carbocycles. The van der Waals surface area contributed by atoms with Crippen LogP contribution in [0.25, 0.3) is 0 Å². The predicted octanol–water partition coefficient (Wildman–Crippen LogP) is 1.18. The molecule has 0 bridgehead atoms. The molecule has 0 saturated carbocycles. The number of piperidine rings is 1. The molecule has 6 nitrogen and oxygen atoms in total. The Hall–Kier alpha value is -1.40. The minimum Gasteiger partial charge on any atom is -0.481 e. The predicted molar refractivity (Wildman–Crippen MR) is 74.4 cm³/mol. The van der Waals surface area contributed by atoms with Gasteiger partial charge in [0.15, 0.2) is 0 Å². The molecule has 112 valence electrons. The lowest BCUT2D eigenvalue weighted by Gasteiger charge is -2.31. The fraction of sp³-hybridized carbons (Fsp3) is 0.714. The first-order valence-electron chi connectivity index (χ1n) is 7.09. The number of carboxylic acids is 1. The molecule has 0 spiro atoms. The summed E-state index contributed by atoms with van der Waals surface area (Å²) in [5.41, 5.74) is 2.37. The maximum Gasteiger partial charge on any atom is 0.305 e. The van der Waals surface area contributed by atoms with E-state index in [1.165, 1.54) is 5.56 Å². The average molecular weight is 281 g/mol. The van der Waals surface area contributed by atoms with E-state index in [1.807, 2.05) is 18.7 Å². The molecule has 1 N–H and O–H groups in total. The first-order chi connectivity index (χ1) is 9.54. The van der Waals surface area contributed by atoms with Crippen molar-refractivity contribution in [3.05, 3.63) is 17.5 Å². The van der Waals surface area contributed by atoms with Crippen LogP contribution >= 0.6 is 0 Å². The van der Waals surface area contributed by atoms with Crippen LogP contribution in [-0.2, 0) is 23.1 Å². The number of carbonyl (C=O) groups is 1. The van der Waals surface area contributed by atoms with Crippen LogP contribution in [0.4, 0.5) is 0 Å². The number of likely N-dealkylation sites (tertiary alicyclic amines) is 1. The first-order valence-corrected chi connectivity index (χ1v) is 7.09. The summed E-state index contributed by atoms with van der Waals surface area (Å²) in [6.07, 6.45) is 4.32. The summed E-state index contributed by atoms with van der Waals surface area (Å²) in [6.45, 7) is 5.28. The Kier molecular flexibility index (Phi) is 5.14. The molecule has 0 radical (unpaired) electrons. The third kappa shape index (κ3) is 4.31. The van der Waals surface area contributed by atoms with Crippen LogP contribution in [0, 0.1) is 6.92 Å². The Labute approximate surface area is 119 Å². The lowest BCUT2D eigenvalue weighted by molar-refractivity contribution is -0.138. The molecule has 1 aliphatic rings. The molecule has 1 saturated heterocycles. The molecule has 1 aromatic rings. The molecule has 2 heterocycles. The van der Waals surface area contributed by atoms with Gasteiger partial charge in [0.05, 0.1) is 24.8 Å². The third-order valence-corrected chi connectivity index (χ3v) is 3.71. The fourth-order valence-corrected chi connectivity index (χ4v) is 2.59. The molecule has 0 amide bonds. The minimum atomic E-state index is -0.797. The molecule has 1 aromatic heterocycles. The van der Waals surface area contributed by atoms with Crippen molar-refractivity contribution >= 4 is 5.97 Å². The normalized spacial score (nSPS) is 17.5. The van der Waals surface area contributed by atoms with E-state index < -0.39 is 5.97 Å². The standard InChI is InChI=1S/C14H23N3O3/c1-11-12(9-16(2)15-11)10-17-6-3-13(4-7-17)20-8-5-14(18)19/h9,13H,3-8,10H2,1-2H3,(H,18,19). The number of aromatic nitrogens is 2. The summed E-state index contributed by atoms with van der Waals surface area (Å²) < 4.78 is 7.45. The fourth-order valence-electron chi connectivity index (χ4n) is 2.59. The quantitative estimate of drug-likeness (QED) is 0.848. The van der Waals surface area contributed by atoms with Gasteiger partial charge in [-0.25, -0.2) is 0 Å². The van der Waals surface area contributed by atoms with E-state index in [9.17, 15) is 4.79 Å². The highest BCUT2D eigenvalue weighted by atomic mass is 16.5. The van der Waals surface area contributed by atoms with Gasteiger partial charge in [0, 0.05) is 38.4 Å². The lowest BCUT2D eigenvalue weighted by Crippen LogP contribution is -2.36. The van der Waals surface area contributed by atoms with Crippen LogP contribution in [0.15, 0.2) is 6.20 Å². The zero-order valence-electron chi connectivity index (χ0n) is 12.2. The average Bonchev–Trinajstić information content (AvgIpc) is 2.69. The molecular formula is C14H23N3O3. The molecule has 0 atom stereocenters. The Morgan fingerprint density at radius 2 is 2.20 bits per heavy atom. The number of hydrogen-bond donors (Lipinski definition) is 1. The Bertz CT molecular complexity index is 451. The number of aliphatic carboxylic acids is 1. The summed E-state index contributed by atoms with van der Waals surface area (Å²) in [6, 6.07) is 0. The van der Waals surface area contributed by atoms with Crippen molar-refractivity contribution < 1.29 is 14.6 Å². The number of hydrogen-bond acceptors (Lipinski definition) is 4. The maximum absolute atomic E-state index is 10.4. The number of ether oxygens (including phenoxy) is 1. The molecule has 2 rings (SSSR count). The minimum absolute atomic E-state index is 0.0924. The van der Waals surface area contributed by atoms with Gasteiger partial charge in [-0.15, -0.1) is 0 Å². The van der Waals surface area contributed by atoms with Crippen molar-refractivity contribution in [2.45, 2.75) is 38.8 Å². The van der Waals surface area contributed by atoms with Crippen molar-refractivity contribution in [3.63, 3.8) is 0 Å². The Balaban J connectivity index is 1.71. The van der Waals surface area contributed by atoms with Crippen LogP contribution in [-0.4, -0.2) is 51.6 Å². The molecular weight excluding hydrogens is 258 g/mol. The molecule has 1 aliphatic heterocycles. The SMILES string of the molecule is Cc1nn(C)cc1CN1CCC(OCCC(=O)O)CC1. The number of rotatable bonds is 6. The second-order valence-corrected chi connectivity index (χ2v) is 5.40. The van der Waals surface area contributed by atoms with Gasteiger partial charge < -0.3 is 9.84 Å². The highest BCUT2D eigenvalue weighted by molar-refractivity contribution is 5.66. The molecule has 1 fully saturated rings. The molecule has 0 aliphatic carbocycles. The zero-order chi connectivity index (χ0) is 14.5. The van der Waals surface area contributed by atoms with Gasteiger partial charge in [0.2, 0.25) is 0 Å². The zero-order valence-corrected chi connectivity index (χ0v) is 12.2. The third-order valence-electron chi connectivity index (χ3n) is 3.71. The van der Waals surface area contributed by atoms with E-state index in [4.69, 9.17) is 9.84 Å². The molecule has 20 heavy (non-hydrogen) atoms. The second kappa shape index (κ2) is 6.85. The number of nitrogens with zero attached hydrogens (tertiary/aromatic N) is 3. The highest BCUT2D eigenvalue weighted by Crippen LogP contribution is 2.17. The summed E-state index contributed by atoms with van der Waals surface area (Å²) in [7, 11) is 1.94. The summed E-state index contributed by atoms with van der Waals surface area (Å²) in [5, 5.41) is 12.9. The highest BCUT2D eigenvalue weighted by Gasteiger charge is 2.20. The van der Waals surface area contributed by atoms with Crippen LogP contribution in [0.5, 0.6) is 0 Å². The number of carboxylic acid groups (broad SMARTS) is 1. The van der Waals surface area contributed by atoms with Crippen molar-refractivity contribution in [1.82, 2.24) is 14.7 Å². The maximum atomic E-state index is 10.4. The summed E-state index contributed by atoms with van der Waals surface area (Å²) in [5.74, 6) is -0.797. The van der Waals surface area contributed by atoms with Gasteiger partial charge in [-0.05, 0) is 19.8 Å². The first kappa shape index (κ1) is 15.0. The molecule has 6 heteroatoms. The van der Waals surface area contributed by atoms with E-state index >= 15 is 0 Å². The van der Waals surface area contributed by atoms with Gasteiger partial charge in [-0.2, -0.15) is 5.10 Å². The van der Waals surface area contributed by atoms with Crippen LogP contribution in [0.1, 0.15) is 30.5 Å². The molecule has 0 unspecified atom stereocenters. The lowest BCUT2D eigenvalue weighted by atomic mass is 10.1. The van der Waals surface area contributed by atoms with E-state index in [0.717, 1.165) is 38.2 Å². The van der Waals surface area contributed by atoms with Crippen LogP contribution in [0.3, 0.4) is 0 Å². The van der Waals surface area contributed by atoms with E-state index in [2.05, 4.69) is 16.2 Å². The van der Waals surface area contributed by atoms with Gasteiger partial charge in [0.25, 0.3) is 0 Å². The van der Waals surface area contributed by atoms with E-state index in [0.29, 0.717) is 6.61 Å². The van der Waals surface area contributed by atoms with Gasteiger partial charge in [0.1, 0.15) is 0 Å². The smallest absolute Gasteiger partial charge is 0.305 e. The van der Waals surface area contributed by atoms with Crippen molar-refractivity contribution in [2.24, 2.45) is 7.05 Å². The summed E-state index contributed by atoms with van der Waals surface area (Å²) >= 11 is 0. The van der Waals surface area contributed by atoms with Crippen molar-refractivity contribution in [2.75, 3.05) is 19.7 Å². The monoisotopic (exact) mass is 281 g/mol. The van der Waals surface area contributed by atoms with E-state index in [-0.39, 0.29) is 12.5 Å². The van der Waals surface area contributed by atoms with Crippen LogP contribution in [0.2, 0.25) is 0 Å². The Morgan fingerprint density at radius 1 is 1.50 bits per heavy atom. The van der Waals surface area contributed by atoms with Gasteiger partial charge in [-0.3, -0.25) is 14.4 Å². The summed E-state index contributed by atoms with van der Waals surface area (Å²) in [4.78, 5) is 12.8. The van der Waals surface area contributed by atoms with E-state index in [1.54, 1.807) is 0 Å². The van der Waals surface area contributed by atoms with Crippen molar-refractivity contribution in [3.8, 4) is 0 Å². The second-order valence-electron chi connectivity index (χ2n) is 5.40. The van der Waals surface area contributed by atoms with Gasteiger partial charge >= 0.3 is 5.97 Å². The largest absolute Gasteiger partial charge is 0.481 e. The topological polar surface area (TPSA) is 67.6 Å². The van der Waals surface area contributed by atoms with Gasteiger partial charge in [-0.1, -0.05) is 0 Å². The van der Waals surface area contributed by atoms with Crippen LogP contribution < -0.4 is 0 Å². The number of aryl methyl sites for hydroxylation is 2. The van der Waals surface area contributed by atoms with Crippen molar-refractivity contribution in [1.29, 1.82) is 0 Å². The Morgan fingerprint density at radius 3 is 2.75 bits per heavy atom.